The van der Waals surface area contributed by atoms with Gasteiger partial charge in [0.15, 0.2) is 0 Å². The number of hydrogen-bond acceptors (Lipinski definition) is 3. The second-order valence-electron chi connectivity index (χ2n) is 3.34. The van der Waals surface area contributed by atoms with Crippen molar-refractivity contribution in [3.8, 4) is 0 Å². The third-order valence-corrected chi connectivity index (χ3v) is 2.46. The molecule has 0 amide bonds. The summed E-state index contributed by atoms with van der Waals surface area (Å²) in [6.07, 6.45) is 3.42. The number of aromatic nitrogens is 2. The topological polar surface area (TPSA) is 47.3 Å². The quantitative estimate of drug-likeness (QED) is 0.719. The Bertz CT molecular complexity index is 285. The monoisotopic (exact) mass is 182 g/mol. The average molecular weight is 182 g/mol. The highest BCUT2D eigenvalue weighted by atomic mass is 16.5. The van der Waals surface area contributed by atoms with Gasteiger partial charge in [0.2, 0.25) is 0 Å². The van der Waals surface area contributed by atoms with Crippen LogP contribution in [0.4, 0.5) is 0 Å². The molecule has 1 aliphatic rings. The van der Waals surface area contributed by atoms with Gasteiger partial charge in [-0.3, -0.25) is 4.68 Å². The molecule has 1 fully saturated rings. The van der Waals surface area contributed by atoms with Crippen molar-refractivity contribution in [2.24, 2.45) is 0 Å². The number of aryl methyl sites for hydroxylation is 1. The summed E-state index contributed by atoms with van der Waals surface area (Å²) in [7, 11) is 0. The number of aliphatic hydroxyl groups is 1. The highest BCUT2D eigenvalue weighted by Crippen LogP contribution is 2.24. The summed E-state index contributed by atoms with van der Waals surface area (Å²) in [5.74, 6) is 0.111. The van der Waals surface area contributed by atoms with Crippen molar-refractivity contribution in [1.29, 1.82) is 0 Å². The van der Waals surface area contributed by atoms with Gasteiger partial charge >= 0.3 is 0 Å². The van der Waals surface area contributed by atoms with E-state index >= 15 is 0 Å². The molecule has 2 rings (SSSR count). The maximum absolute atomic E-state index is 9.56. The van der Waals surface area contributed by atoms with Crippen LogP contribution in [0.1, 0.15) is 18.4 Å². The fraction of sp³-hybridized carbons (Fsp3) is 0.667. The van der Waals surface area contributed by atoms with Crippen LogP contribution in [-0.4, -0.2) is 34.2 Å². The molecule has 0 radical (unpaired) electrons. The molecule has 72 valence electrons. The van der Waals surface area contributed by atoms with Crippen LogP contribution in [0.15, 0.2) is 12.4 Å². The molecule has 0 aliphatic carbocycles. The van der Waals surface area contributed by atoms with E-state index in [-0.39, 0.29) is 12.0 Å². The smallest absolute Gasteiger partial charge is 0.0865 e. The molecule has 1 N–H and O–H groups in total. The molecule has 13 heavy (non-hydrogen) atoms. The van der Waals surface area contributed by atoms with Crippen molar-refractivity contribution in [2.45, 2.75) is 25.5 Å². The van der Waals surface area contributed by atoms with E-state index in [1.165, 1.54) is 0 Å². The van der Waals surface area contributed by atoms with Crippen LogP contribution in [-0.2, 0) is 11.3 Å². The first kappa shape index (κ1) is 8.72. The summed E-state index contributed by atoms with van der Waals surface area (Å²) in [5.41, 5.74) is 1.08. The SMILES string of the molecule is CCn1cc(C2COCC2O)cn1. The molecule has 1 aromatic rings. The van der Waals surface area contributed by atoms with Gasteiger partial charge in [0.1, 0.15) is 0 Å². The first-order valence-corrected chi connectivity index (χ1v) is 4.59. The normalized spacial score (nSPS) is 28.2. The van der Waals surface area contributed by atoms with Gasteiger partial charge in [-0.1, -0.05) is 0 Å². The second kappa shape index (κ2) is 3.47. The van der Waals surface area contributed by atoms with Crippen molar-refractivity contribution in [2.75, 3.05) is 13.2 Å². The summed E-state index contributed by atoms with van der Waals surface area (Å²) in [4.78, 5) is 0. The maximum atomic E-state index is 9.56. The molecular formula is C9H14N2O2. The lowest BCUT2D eigenvalue weighted by molar-refractivity contribution is 0.124. The number of hydrogen-bond donors (Lipinski definition) is 1. The Kier molecular flexibility index (Phi) is 2.33. The number of aliphatic hydroxyl groups excluding tert-OH is 1. The molecule has 4 heteroatoms. The van der Waals surface area contributed by atoms with Crippen molar-refractivity contribution < 1.29 is 9.84 Å². The van der Waals surface area contributed by atoms with E-state index in [0.717, 1.165) is 12.1 Å². The predicted octanol–water partition coefficient (Wildman–Crippen LogP) is 0.378. The first-order valence-electron chi connectivity index (χ1n) is 4.59. The molecule has 1 aliphatic heterocycles. The van der Waals surface area contributed by atoms with Crippen molar-refractivity contribution in [3.63, 3.8) is 0 Å². The lowest BCUT2D eigenvalue weighted by atomic mass is 10.00. The minimum absolute atomic E-state index is 0.111. The highest BCUT2D eigenvalue weighted by molar-refractivity contribution is 5.14. The van der Waals surface area contributed by atoms with E-state index in [9.17, 15) is 5.11 Å². The van der Waals surface area contributed by atoms with Crippen molar-refractivity contribution in [1.82, 2.24) is 9.78 Å². The third kappa shape index (κ3) is 1.59. The van der Waals surface area contributed by atoms with Crippen molar-refractivity contribution >= 4 is 0 Å². The maximum Gasteiger partial charge on any atom is 0.0865 e. The molecule has 0 bridgehead atoms. The molecule has 0 spiro atoms. The van der Waals surface area contributed by atoms with Gasteiger partial charge in [0.05, 0.1) is 25.5 Å². The van der Waals surface area contributed by atoms with Crippen LogP contribution in [0.25, 0.3) is 0 Å². The molecule has 2 unspecified atom stereocenters. The van der Waals surface area contributed by atoms with Crippen LogP contribution in [0.3, 0.4) is 0 Å². The van der Waals surface area contributed by atoms with Gasteiger partial charge in [-0.25, -0.2) is 0 Å². The number of nitrogens with zero attached hydrogens (tertiary/aromatic N) is 2. The van der Waals surface area contributed by atoms with E-state index in [1.54, 1.807) is 0 Å². The minimum atomic E-state index is -0.366. The van der Waals surface area contributed by atoms with Gasteiger partial charge < -0.3 is 9.84 Å². The fourth-order valence-corrected chi connectivity index (χ4v) is 1.61. The lowest BCUT2D eigenvalue weighted by Crippen LogP contribution is -2.15. The Morgan fingerprint density at radius 3 is 3.08 bits per heavy atom. The molecule has 0 aromatic carbocycles. The van der Waals surface area contributed by atoms with Crippen LogP contribution in [0, 0.1) is 0 Å². The Morgan fingerprint density at radius 2 is 2.54 bits per heavy atom. The Morgan fingerprint density at radius 1 is 1.69 bits per heavy atom. The zero-order valence-corrected chi connectivity index (χ0v) is 7.68. The van der Waals surface area contributed by atoms with Gasteiger partial charge in [-0.15, -0.1) is 0 Å². The predicted molar refractivity (Wildman–Crippen MR) is 47.5 cm³/mol. The average Bonchev–Trinajstić information content (AvgIpc) is 2.71. The first-order chi connectivity index (χ1) is 6.31. The summed E-state index contributed by atoms with van der Waals surface area (Å²) in [6, 6.07) is 0. The molecule has 1 aromatic heterocycles. The zero-order valence-electron chi connectivity index (χ0n) is 7.68. The highest BCUT2D eigenvalue weighted by Gasteiger charge is 2.28. The largest absolute Gasteiger partial charge is 0.390 e. The molecule has 2 atom stereocenters. The standard InChI is InChI=1S/C9H14N2O2/c1-2-11-4-7(3-10-11)8-5-13-6-9(8)12/h3-4,8-9,12H,2,5-6H2,1H3. The second-order valence-corrected chi connectivity index (χ2v) is 3.34. The van der Waals surface area contributed by atoms with E-state index in [0.29, 0.717) is 13.2 Å². The van der Waals surface area contributed by atoms with E-state index in [1.807, 2.05) is 24.0 Å². The van der Waals surface area contributed by atoms with E-state index in [2.05, 4.69) is 5.10 Å². The molecule has 4 nitrogen and oxygen atoms in total. The molecular weight excluding hydrogens is 168 g/mol. The summed E-state index contributed by atoms with van der Waals surface area (Å²) in [6.45, 7) is 3.96. The molecule has 0 saturated carbocycles. The molecule has 2 heterocycles. The minimum Gasteiger partial charge on any atom is -0.390 e. The van der Waals surface area contributed by atoms with Gasteiger partial charge in [-0.2, -0.15) is 5.10 Å². The van der Waals surface area contributed by atoms with Crippen molar-refractivity contribution in [3.05, 3.63) is 18.0 Å². The van der Waals surface area contributed by atoms with Gasteiger partial charge in [0.25, 0.3) is 0 Å². The van der Waals surface area contributed by atoms with Gasteiger partial charge in [-0.05, 0) is 12.5 Å². The lowest BCUT2D eigenvalue weighted by Gasteiger charge is -2.08. The zero-order chi connectivity index (χ0) is 9.26. The number of ether oxygens (including phenoxy) is 1. The Hall–Kier alpha value is -0.870. The summed E-state index contributed by atoms with van der Waals surface area (Å²) >= 11 is 0. The van der Waals surface area contributed by atoms with E-state index in [4.69, 9.17) is 4.74 Å². The Balaban J connectivity index is 2.15. The summed E-state index contributed by atoms with van der Waals surface area (Å²) in [5, 5.41) is 13.7. The van der Waals surface area contributed by atoms with E-state index < -0.39 is 0 Å². The summed E-state index contributed by atoms with van der Waals surface area (Å²) < 4.78 is 7.04. The van der Waals surface area contributed by atoms with Crippen LogP contribution in [0.5, 0.6) is 0 Å². The number of rotatable bonds is 2. The van der Waals surface area contributed by atoms with Gasteiger partial charge in [0, 0.05) is 18.7 Å². The van der Waals surface area contributed by atoms with Crippen LogP contribution in [0.2, 0.25) is 0 Å². The third-order valence-electron chi connectivity index (χ3n) is 2.46. The fourth-order valence-electron chi connectivity index (χ4n) is 1.61. The van der Waals surface area contributed by atoms with Crippen LogP contribution < -0.4 is 0 Å². The van der Waals surface area contributed by atoms with Crippen LogP contribution >= 0.6 is 0 Å². The Labute approximate surface area is 77.1 Å². The molecule has 1 saturated heterocycles.